The minimum absolute atomic E-state index is 0.0496. The molecule has 1 N–H and O–H groups in total. The van der Waals surface area contributed by atoms with E-state index in [1.54, 1.807) is 11.6 Å². The molecule has 0 aliphatic rings. The number of ether oxygens (including phenoxy) is 1. The molecule has 0 spiro atoms. The number of carbonyl (C=O) groups is 2. The van der Waals surface area contributed by atoms with E-state index in [1.807, 2.05) is 20.8 Å². The standard InChI is InChI=1S/C15H21N5O4/c1-5-24-12(22)7-6-11(21)18-19-9-16-13-10(14(19)23)8-17-20(13)15(2,3)4/h8-9H,5-7H2,1-4H3,(H,18,21). The topological polar surface area (TPSA) is 108 Å². The van der Waals surface area contributed by atoms with Crippen molar-refractivity contribution < 1.29 is 14.3 Å². The van der Waals surface area contributed by atoms with E-state index in [-0.39, 0.29) is 25.0 Å². The zero-order chi connectivity index (χ0) is 17.9. The summed E-state index contributed by atoms with van der Waals surface area (Å²) in [5.41, 5.74) is 2.10. The third kappa shape index (κ3) is 3.79. The number of nitrogens with one attached hydrogen (secondary N) is 1. The molecule has 24 heavy (non-hydrogen) atoms. The van der Waals surface area contributed by atoms with Crippen LogP contribution in [-0.2, 0) is 19.9 Å². The van der Waals surface area contributed by atoms with Crippen molar-refractivity contribution in [1.29, 1.82) is 0 Å². The molecule has 2 aromatic heterocycles. The summed E-state index contributed by atoms with van der Waals surface area (Å²) in [7, 11) is 0. The van der Waals surface area contributed by atoms with Crippen LogP contribution in [0.2, 0.25) is 0 Å². The Balaban J connectivity index is 2.16. The highest BCUT2D eigenvalue weighted by Crippen LogP contribution is 2.17. The van der Waals surface area contributed by atoms with Crippen molar-refractivity contribution in [2.45, 2.75) is 46.1 Å². The predicted molar refractivity (Wildman–Crippen MR) is 87.0 cm³/mol. The minimum atomic E-state index is -0.477. The maximum atomic E-state index is 12.4. The number of hydrogen-bond donors (Lipinski definition) is 1. The maximum absolute atomic E-state index is 12.4. The van der Waals surface area contributed by atoms with Gasteiger partial charge in [-0.3, -0.25) is 19.8 Å². The number of esters is 1. The number of amides is 1. The zero-order valence-electron chi connectivity index (χ0n) is 14.2. The van der Waals surface area contributed by atoms with Crippen LogP contribution in [0.25, 0.3) is 11.0 Å². The summed E-state index contributed by atoms with van der Waals surface area (Å²) in [6.45, 7) is 7.80. The first-order chi connectivity index (χ1) is 11.2. The van der Waals surface area contributed by atoms with E-state index >= 15 is 0 Å². The first kappa shape index (κ1) is 17.6. The average molecular weight is 335 g/mol. The van der Waals surface area contributed by atoms with Gasteiger partial charge < -0.3 is 4.74 Å². The van der Waals surface area contributed by atoms with Crippen molar-refractivity contribution in [1.82, 2.24) is 19.4 Å². The van der Waals surface area contributed by atoms with E-state index in [1.165, 1.54) is 12.5 Å². The summed E-state index contributed by atoms with van der Waals surface area (Å²) in [5.74, 6) is -0.936. The Morgan fingerprint density at radius 1 is 1.29 bits per heavy atom. The first-order valence-corrected chi connectivity index (χ1v) is 7.65. The second-order valence-electron chi connectivity index (χ2n) is 6.22. The van der Waals surface area contributed by atoms with Crippen LogP contribution in [0, 0.1) is 0 Å². The van der Waals surface area contributed by atoms with Gasteiger partial charge in [-0.25, -0.2) is 14.3 Å². The molecule has 9 heteroatoms. The fraction of sp³-hybridized carbons (Fsp3) is 0.533. The zero-order valence-corrected chi connectivity index (χ0v) is 14.2. The second-order valence-corrected chi connectivity index (χ2v) is 6.22. The monoisotopic (exact) mass is 335 g/mol. The number of carbonyl (C=O) groups excluding carboxylic acids is 2. The van der Waals surface area contributed by atoms with Gasteiger partial charge in [0.25, 0.3) is 5.56 Å². The highest BCUT2D eigenvalue weighted by Gasteiger charge is 2.20. The Morgan fingerprint density at radius 2 is 2.00 bits per heavy atom. The van der Waals surface area contributed by atoms with Gasteiger partial charge in [0.2, 0.25) is 5.91 Å². The fourth-order valence-electron chi connectivity index (χ4n) is 2.12. The largest absolute Gasteiger partial charge is 0.466 e. The van der Waals surface area contributed by atoms with E-state index in [0.717, 1.165) is 4.68 Å². The Bertz CT molecular complexity index is 815. The molecule has 2 aromatic rings. The summed E-state index contributed by atoms with van der Waals surface area (Å²) in [4.78, 5) is 39.7. The van der Waals surface area contributed by atoms with Gasteiger partial charge in [-0.1, -0.05) is 0 Å². The van der Waals surface area contributed by atoms with Crippen LogP contribution in [0.5, 0.6) is 0 Å². The van der Waals surface area contributed by atoms with Crippen LogP contribution >= 0.6 is 0 Å². The molecular formula is C15H21N5O4. The van der Waals surface area contributed by atoms with Crippen LogP contribution in [0.15, 0.2) is 17.3 Å². The summed E-state index contributed by atoms with van der Waals surface area (Å²) >= 11 is 0. The molecule has 0 atom stereocenters. The number of fused-ring (bicyclic) bond motifs is 1. The Hall–Kier alpha value is -2.71. The molecule has 2 heterocycles. The number of rotatable bonds is 5. The summed E-state index contributed by atoms with van der Waals surface area (Å²) in [6, 6.07) is 0. The molecule has 130 valence electrons. The highest BCUT2D eigenvalue weighted by molar-refractivity contribution is 5.87. The molecule has 0 unspecified atom stereocenters. The molecule has 0 aliphatic heterocycles. The van der Waals surface area contributed by atoms with Gasteiger partial charge in [0.05, 0.1) is 24.8 Å². The van der Waals surface area contributed by atoms with Gasteiger partial charge in [-0.15, -0.1) is 0 Å². The molecule has 0 fully saturated rings. The maximum Gasteiger partial charge on any atom is 0.306 e. The fourth-order valence-corrected chi connectivity index (χ4v) is 2.12. The van der Waals surface area contributed by atoms with Crippen LogP contribution in [-0.4, -0.2) is 37.9 Å². The predicted octanol–water partition coefficient (Wildman–Crippen LogP) is 0.761. The number of aromatic nitrogens is 4. The lowest BCUT2D eigenvalue weighted by Crippen LogP contribution is -2.33. The Kier molecular flexibility index (Phi) is 5.01. The third-order valence-corrected chi connectivity index (χ3v) is 3.23. The normalized spacial score (nSPS) is 11.5. The van der Waals surface area contributed by atoms with E-state index in [0.29, 0.717) is 11.0 Å². The van der Waals surface area contributed by atoms with Crippen LogP contribution in [0.1, 0.15) is 40.5 Å². The lowest BCUT2D eigenvalue weighted by atomic mass is 10.1. The molecule has 0 radical (unpaired) electrons. The third-order valence-electron chi connectivity index (χ3n) is 3.23. The lowest BCUT2D eigenvalue weighted by molar-refractivity contribution is -0.144. The number of nitrogens with zero attached hydrogens (tertiary/aromatic N) is 4. The van der Waals surface area contributed by atoms with E-state index in [4.69, 9.17) is 4.74 Å². The highest BCUT2D eigenvalue weighted by atomic mass is 16.5. The molecular weight excluding hydrogens is 314 g/mol. The van der Waals surface area contributed by atoms with E-state index in [2.05, 4.69) is 15.5 Å². The van der Waals surface area contributed by atoms with Gasteiger partial charge in [0.15, 0.2) is 5.65 Å². The van der Waals surface area contributed by atoms with Gasteiger partial charge in [0.1, 0.15) is 11.7 Å². The van der Waals surface area contributed by atoms with Crippen molar-refractivity contribution in [3.8, 4) is 0 Å². The van der Waals surface area contributed by atoms with Gasteiger partial charge in [0, 0.05) is 6.42 Å². The molecule has 2 rings (SSSR count). The van der Waals surface area contributed by atoms with Crippen molar-refractivity contribution in [2.75, 3.05) is 12.0 Å². The van der Waals surface area contributed by atoms with Crippen LogP contribution in [0.3, 0.4) is 0 Å². The van der Waals surface area contributed by atoms with E-state index in [9.17, 15) is 14.4 Å². The summed E-state index contributed by atoms with van der Waals surface area (Å²) < 4.78 is 7.39. The van der Waals surface area contributed by atoms with Crippen molar-refractivity contribution in [2.24, 2.45) is 0 Å². The van der Waals surface area contributed by atoms with Crippen LogP contribution < -0.4 is 11.0 Å². The minimum Gasteiger partial charge on any atom is -0.466 e. The molecule has 1 amide bonds. The first-order valence-electron chi connectivity index (χ1n) is 7.65. The molecule has 0 aromatic carbocycles. The van der Waals surface area contributed by atoms with Crippen molar-refractivity contribution in [3.05, 3.63) is 22.9 Å². The summed E-state index contributed by atoms with van der Waals surface area (Å²) in [6.07, 6.45) is 2.53. The molecule has 0 bridgehead atoms. The lowest BCUT2D eigenvalue weighted by Gasteiger charge is -2.19. The van der Waals surface area contributed by atoms with Gasteiger partial charge in [-0.05, 0) is 27.7 Å². The second kappa shape index (κ2) is 6.81. The van der Waals surface area contributed by atoms with Crippen molar-refractivity contribution >= 4 is 22.9 Å². The van der Waals surface area contributed by atoms with Gasteiger partial charge >= 0.3 is 5.97 Å². The Morgan fingerprint density at radius 3 is 2.62 bits per heavy atom. The number of hydrogen-bond acceptors (Lipinski definition) is 6. The van der Waals surface area contributed by atoms with E-state index < -0.39 is 17.4 Å². The smallest absolute Gasteiger partial charge is 0.306 e. The Labute approximate surface area is 138 Å². The molecule has 0 saturated carbocycles. The molecule has 9 nitrogen and oxygen atoms in total. The quantitative estimate of drug-likeness (QED) is 0.808. The van der Waals surface area contributed by atoms with Gasteiger partial charge in [-0.2, -0.15) is 5.10 Å². The SMILES string of the molecule is CCOC(=O)CCC(=O)Nn1cnc2c(cnn2C(C)(C)C)c1=O. The molecule has 0 saturated heterocycles. The van der Waals surface area contributed by atoms with Crippen LogP contribution in [0.4, 0.5) is 0 Å². The summed E-state index contributed by atoms with van der Waals surface area (Å²) in [5, 5.41) is 4.50. The molecule has 0 aliphatic carbocycles. The average Bonchev–Trinajstić information content (AvgIpc) is 2.93. The van der Waals surface area contributed by atoms with Crippen molar-refractivity contribution in [3.63, 3.8) is 0 Å².